The highest BCUT2D eigenvalue weighted by Gasteiger charge is 2.52. The Kier molecular flexibility index (Phi) is 6.23. The number of hydrogen-bond acceptors (Lipinski definition) is 2. The summed E-state index contributed by atoms with van der Waals surface area (Å²) in [6.07, 6.45) is 0. The van der Waals surface area contributed by atoms with Gasteiger partial charge in [0.25, 0.3) is 0 Å². The summed E-state index contributed by atoms with van der Waals surface area (Å²) in [7, 11) is 0. The molecule has 0 saturated heterocycles. The Morgan fingerprint density at radius 1 is 0.350 bits per heavy atom. The van der Waals surface area contributed by atoms with Crippen LogP contribution in [0.3, 0.4) is 0 Å². The summed E-state index contributed by atoms with van der Waals surface area (Å²) in [5.41, 5.74) is 9.58. The van der Waals surface area contributed by atoms with E-state index in [1.165, 1.54) is 22.3 Å². The maximum Gasteiger partial charge on any atom is 0.315 e. The minimum atomic E-state index is -0.162. The number of carbonyl (C=O) groups excluding carboxylic acids is 2. The van der Waals surface area contributed by atoms with E-state index in [0.29, 0.717) is 49.9 Å². The van der Waals surface area contributed by atoms with Gasteiger partial charge in [0.2, 0.25) is 0 Å². The van der Waals surface area contributed by atoms with Crippen LogP contribution >= 0.6 is 0 Å². The van der Waals surface area contributed by atoms with Crippen LogP contribution in [-0.4, -0.2) is 12.1 Å². The van der Waals surface area contributed by atoms with E-state index in [0.717, 1.165) is 22.3 Å². The fourth-order valence-corrected chi connectivity index (χ4v) is 6.69. The smallest absolute Gasteiger partial charge is 0.315 e. The first kappa shape index (κ1) is 24.5. The molecule has 0 atom stereocenters. The summed E-state index contributed by atoms with van der Waals surface area (Å²) < 4.78 is 0. The first-order valence-electron chi connectivity index (χ1n) is 14.0. The van der Waals surface area contributed by atoms with E-state index in [9.17, 15) is 9.59 Å². The second-order valence-electron chi connectivity index (χ2n) is 11.1. The van der Waals surface area contributed by atoms with Crippen LogP contribution in [-0.2, 0) is 26.2 Å². The lowest BCUT2D eigenvalue weighted by molar-refractivity contribution is 0.229. The molecule has 0 spiro atoms. The normalized spacial score (nSPS) is 23.5. The van der Waals surface area contributed by atoms with Crippen molar-refractivity contribution in [3.8, 4) is 0 Å². The van der Waals surface area contributed by atoms with Gasteiger partial charge in [0.1, 0.15) is 0 Å². The molecule has 4 amide bonds. The lowest BCUT2D eigenvalue weighted by Crippen LogP contribution is -2.40. The highest BCUT2D eigenvalue weighted by atomic mass is 16.2. The lowest BCUT2D eigenvalue weighted by Gasteiger charge is -2.54. The van der Waals surface area contributed by atoms with E-state index >= 15 is 0 Å². The Morgan fingerprint density at radius 2 is 0.550 bits per heavy atom. The molecule has 8 bridgehead atoms. The van der Waals surface area contributed by atoms with Crippen molar-refractivity contribution >= 4 is 12.1 Å². The minimum Gasteiger partial charge on any atom is -0.334 e. The van der Waals surface area contributed by atoms with Crippen molar-refractivity contribution < 1.29 is 9.59 Å². The van der Waals surface area contributed by atoms with E-state index in [1.54, 1.807) is 0 Å². The third-order valence-corrected chi connectivity index (χ3v) is 8.82. The van der Waals surface area contributed by atoms with Crippen molar-refractivity contribution in [2.24, 2.45) is 0 Å². The molecule has 40 heavy (non-hydrogen) atoms. The zero-order valence-electron chi connectivity index (χ0n) is 22.2. The van der Waals surface area contributed by atoms with Crippen molar-refractivity contribution in [2.75, 3.05) is 0 Å². The Balaban J connectivity index is 1.37. The number of benzene rings is 4. The van der Waals surface area contributed by atoms with Gasteiger partial charge in [-0.05, 0) is 68.2 Å². The van der Waals surface area contributed by atoms with E-state index in [4.69, 9.17) is 0 Å². The second-order valence-corrected chi connectivity index (χ2v) is 11.1. The van der Waals surface area contributed by atoms with Crippen molar-refractivity contribution in [1.29, 1.82) is 0 Å². The van der Waals surface area contributed by atoms with Crippen LogP contribution in [0.4, 0.5) is 9.59 Å². The number of carbonyl (C=O) groups is 2. The number of nitrogens with one attached hydrogen (secondary N) is 4. The van der Waals surface area contributed by atoms with E-state index < -0.39 is 0 Å². The zero-order chi connectivity index (χ0) is 27.1. The van der Waals surface area contributed by atoms with Crippen LogP contribution in [0, 0.1) is 0 Å². The second kappa shape index (κ2) is 10.2. The van der Waals surface area contributed by atoms with Crippen LogP contribution in [0.15, 0.2) is 97.1 Å². The van der Waals surface area contributed by atoms with E-state index in [-0.39, 0.29) is 12.1 Å². The molecule has 9 aliphatic rings. The maximum absolute atomic E-state index is 12.3. The maximum atomic E-state index is 12.3. The van der Waals surface area contributed by atoms with E-state index in [2.05, 4.69) is 118 Å². The fraction of sp³-hybridized carbons (Fsp3) is 0.235. The molecular weight excluding hydrogens is 496 g/mol. The predicted molar refractivity (Wildman–Crippen MR) is 155 cm³/mol. The zero-order valence-corrected chi connectivity index (χ0v) is 22.2. The van der Waals surface area contributed by atoms with Gasteiger partial charge < -0.3 is 21.3 Å². The highest BCUT2D eigenvalue weighted by Crippen LogP contribution is 2.66. The van der Waals surface area contributed by atoms with Gasteiger partial charge in [0.05, 0.1) is 0 Å². The van der Waals surface area contributed by atoms with Crippen molar-refractivity contribution in [1.82, 2.24) is 21.3 Å². The van der Waals surface area contributed by atoms with Gasteiger partial charge in [0.15, 0.2) is 0 Å². The summed E-state index contributed by atoms with van der Waals surface area (Å²) >= 11 is 0. The average molecular weight is 529 g/mol. The molecule has 4 N–H and O–H groups in total. The van der Waals surface area contributed by atoms with Gasteiger partial charge in [0, 0.05) is 26.2 Å². The summed E-state index contributed by atoms with van der Waals surface area (Å²) in [6.45, 7) is 1.96. The van der Waals surface area contributed by atoms with Gasteiger partial charge in [-0.2, -0.15) is 0 Å². The molecule has 0 aromatic heterocycles. The fourth-order valence-electron chi connectivity index (χ4n) is 6.69. The topological polar surface area (TPSA) is 82.3 Å². The Morgan fingerprint density at radius 3 is 0.750 bits per heavy atom. The molecule has 1 aliphatic carbocycles. The molecule has 1 saturated carbocycles. The standard InChI is InChI=1S/C34H32N4O2/c39-33-35-17-21-1-9-25(10-2-21)29-30(26-11-3-22(4-12-26)18-36-33)32-28-15-7-24(8-16-28)20-38-34(40)37-19-23-5-13-27(14-6-23)31(29)32/h1-16,29-32H,17-20H2,(H2,35,36,39)(H2,37,38,40). The van der Waals surface area contributed by atoms with Gasteiger partial charge in [-0.3, -0.25) is 0 Å². The number of amides is 4. The third kappa shape index (κ3) is 4.60. The summed E-state index contributed by atoms with van der Waals surface area (Å²) in [4.78, 5) is 24.7. The lowest BCUT2D eigenvalue weighted by atomic mass is 9.49. The number of hydrogen-bond donors (Lipinski definition) is 4. The van der Waals surface area contributed by atoms with Gasteiger partial charge in [-0.1, -0.05) is 97.1 Å². The number of rotatable bonds is 0. The molecule has 4 aromatic rings. The van der Waals surface area contributed by atoms with Crippen molar-refractivity contribution in [3.63, 3.8) is 0 Å². The quantitative estimate of drug-likeness (QED) is 0.234. The first-order valence-corrected chi connectivity index (χ1v) is 14.0. The molecule has 13 rings (SSSR count). The highest BCUT2D eigenvalue weighted by molar-refractivity contribution is 5.74. The minimum absolute atomic E-state index is 0.162. The molecule has 0 radical (unpaired) electrons. The Labute approximate surface area is 234 Å². The van der Waals surface area contributed by atoms with Gasteiger partial charge >= 0.3 is 12.1 Å². The average Bonchev–Trinajstić information content (AvgIpc) is 2.99. The molecule has 8 aliphatic heterocycles. The summed E-state index contributed by atoms with van der Waals surface area (Å²) in [6, 6.07) is 34.7. The molecule has 6 heteroatoms. The third-order valence-electron chi connectivity index (χ3n) is 8.82. The van der Waals surface area contributed by atoms with Crippen LogP contribution in [0.2, 0.25) is 0 Å². The molecule has 1 fully saturated rings. The summed E-state index contributed by atoms with van der Waals surface area (Å²) in [5.74, 6) is 1.19. The van der Waals surface area contributed by atoms with Crippen LogP contribution in [0.5, 0.6) is 0 Å². The predicted octanol–water partition coefficient (Wildman–Crippen LogP) is 5.76. The van der Waals surface area contributed by atoms with E-state index in [1.807, 2.05) is 0 Å². The molecule has 200 valence electrons. The van der Waals surface area contributed by atoms with Crippen molar-refractivity contribution in [2.45, 2.75) is 49.9 Å². The SMILES string of the molecule is O=C1NCc2ccc(cc2)C2C(c3ccc(cc3)CN1)C1c3ccc(cc3)CNC(=O)NCc3ccc(cc3)C21. The van der Waals surface area contributed by atoms with Gasteiger partial charge in [-0.15, -0.1) is 0 Å². The molecule has 0 unspecified atom stereocenters. The van der Waals surface area contributed by atoms with Crippen molar-refractivity contribution in [3.05, 3.63) is 142 Å². The Hall–Kier alpha value is -4.58. The number of urea groups is 2. The molecule has 6 nitrogen and oxygen atoms in total. The molecular formula is C34H32N4O2. The summed E-state index contributed by atoms with van der Waals surface area (Å²) in [5, 5.41) is 11.9. The first-order chi connectivity index (χ1) is 19.6. The van der Waals surface area contributed by atoms with Crippen LogP contribution < -0.4 is 21.3 Å². The van der Waals surface area contributed by atoms with Gasteiger partial charge in [-0.25, -0.2) is 9.59 Å². The monoisotopic (exact) mass is 528 g/mol. The Bertz CT molecular complexity index is 1290. The molecule has 8 heterocycles. The largest absolute Gasteiger partial charge is 0.334 e. The van der Waals surface area contributed by atoms with Crippen LogP contribution in [0.25, 0.3) is 0 Å². The van der Waals surface area contributed by atoms with Crippen LogP contribution in [0.1, 0.15) is 68.2 Å². The molecule has 4 aromatic carbocycles.